The summed E-state index contributed by atoms with van der Waals surface area (Å²) in [4.78, 5) is 38.6. The van der Waals surface area contributed by atoms with Gasteiger partial charge in [-0.3, -0.25) is 14.9 Å². The molecule has 1 aliphatic heterocycles. The average molecular weight is 401 g/mol. The molecule has 0 aromatic heterocycles. The Bertz CT molecular complexity index is 941. The summed E-state index contributed by atoms with van der Waals surface area (Å²) < 4.78 is 18.8. The number of esters is 1. The number of carbonyl (C=O) groups is 2. The summed E-state index contributed by atoms with van der Waals surface area (Å²) in [5, 5.41) is 11.5. The van der Waals surface area contributed by atoms with Crippen LogP contribution in [0.3, 0.4) is 0 Å². The van der Waals surface area contributed by atoms with E-state index in [0.29, 0.717) is 31.9 Å². The first-order chi connectivity index (χ1) is 13.9. The number of piperazine rings is 1. The molecule has 152 valence electrons. The van der Waals surface area contributed by atoms with E-state index in [0.717, 1.165) is 0 Å². The molecule has 1 saturated heterocycles. The molecule has 0 N–H and O–H groups in total. The number of anilines is 1. The van der Waals surface area contributed by atoms with Crippen LogP contribution in [0.15, 0.2) is 42.5 Å². The Balaban J connectivity index is 1.75. The highest BCUT2D eigenvalue weighted by Crippen LogP contribution is 2.30. The number of benzene rings is 2. The largest absolute Gasteiger partial charge is 0.462 e. The molecule has 0 saturated carbocycles. The van der Waals surface area contributed by atoms with E-state index < -0.39 is 22.6 Å². The molecular formula is C20H20FN3O5. The van der Waals surface area contributed by atoms with Gasteiger partial charge in [0.05, 0.1) is 22.7 Å². The molecule has 0 atom stereocenters. The Hall–Kier alpha value is -3.49. The third-order valence-corrected chi connectivity index (χ3v) is 4.70. The number of hydrogen-bond acceptors (Lipinski definition) is 6. The summed E-state index contributed by atoms with van der Waals surface area (Å²) >= 11 is 0. The maximum atomic E-state index is 13.9. The highest BCUT2D eigenvalue weighted by Gasteiger charge is 2.28. The Morgan fingerprint density at radius 1 is 1.14 bits per heavy atom. The van der Waals surface area contributed by atoms with E-state index in [4.69, 9.17) is 4.74 Å². The summed E-state index contributed by atoms with van der Waals surface area (Å²) in [5.74, 6) is -1.61. The van der Waals surface area contributed by atoms with Crippen LogP contribution in [0.2, 0.25) is 0 Å². The Morgan fingerprint density at radius 2 is 1.83 bits per heavy atom. The second kappa shape index (κ2) is 8.68. The Labute approximate surface area is 166 Å². The SMILES string of the molecule is CCOC(=O)c1ccc(N2CCN(C(=O)c3ccccc3F)CC2)c([N+](=O)[O-])c1. The number of halogens is 1. The van der Waals surface area contributed by atoms with Crippen LogP contribution in [0.4, 0.5) is 15.8 Å². The van der Waals surface area contributed by atoms with Gasteiger partial charge >= 0.3 is 5.97 Å². The van der Waals surface area contributed by atoms with Crippen molar-refractivity contribution in [1.82, 2.24) is 4.90 Å². The molecule has 1 amide bonds. The summed E-state index contributed by atoms with van der Waals surface area (Å²) in [6.07, 6.45) is 0. The van der Waals surface area contributed by atoms with Gasteiger partial charge < -0.3 is 14.5 Å². The van der Waals surface area contributed by atoms with Gasteiger partial charge in [0.2, 0.25) is 0 Å². The molecule has 1 aliphatic rings. The summed E-state index contributed by atoms with van der Waals surface area (Å²) in [6.45, 7) is 3.11. The van der Waals surface area contributed by atoms with Crippen LogP contribution in [0.5, 0.6) is 0 Å². The number of carbonyl (C=O) groups excluding carboxylic acids is 2. The van der Waals surface area contributed by atoms with Gasteiger partial charge in [-0.2, -0.15) is 0 Å². The van der Waals surface area contributed by atoms with Gasteiger partial charge in [-0.25, -0.2) is 9.18 Å². The fourth-order valence-electron chi connectivity index (χ4n) is 3.23. The molecule has 0 unspecified atom stereocenters. The minimum atomic E-state index is -0.623. The molecule has 2 aromatic carbocycles. The van der Waals surface area contributed by atoms with E-state index in [1.807, 2.05) is 0 Å². The van der Waals surface area contributed by atoms with Crippen molar-refractivity contribution in [3.8, 4) is 0 Å². The van der Waals surface area contributed by atoms with E-state index in [1.54, 1.807) is 17.9 Å². The third-order valence-electron chi connectivity index (χ3n) is 4.70. The lowest BCUT2D eigenvalue weighted by Gasteiger charge is -2.35. The van der Waals surface area contributed by atoms with Crippen LogP contribution in [0.25, 0.3) is 0 Å². The molecule has 1 heterocycles. The lowest BCUT2D eigenvalue weighted by Crippen LogP contribution is -2.49. The molecule has 0 bridgehead atoms. The van der Waals surface area contributed by atoms with Gasteiger partial charge in [-0.1, -0.05) is 12.1 Å². The maximum absolute atomic E-state index is 13.9. The molecule has 1 fully saturated rings. The van der Waals surface area contributed by atoms with E-state index in [1.165, 1.54) is 41.3 Å². The highest BCUT2D eigenvalue weighted by atomic mass is 19.1. The van der Waals surface area contributed by atoms with Crippen LogP contribution in [0.1, 0.15) is 27.6 Å². The van der Waals surface area contributed by atoms with Crippen molar-refractivity contribution in [3.63, 3.8) is 0 Å². The predicted molar refractivity (Wildman–Crippen MR) is 104 cm³/mol. The van der Waals surface area contributed by atoms with Gasteiger partial charge in [0, 0.05) is 32.2 Å². The monoisotopic (exact) mass is 401 g/mol. The van der Waals surface area contributed by atoms with Crippen LogP contribution in [-0.4, -0.2) is 54.5 Å². The first-order valence-corrected chi connectivity index (χ1v) is 9.16. The van der Waals surface area contributed by atoms with Gasteiger partial charge in [0.15, 0.2) is 0 Å². The number of nitro groups is 1. The second-order valence-electron chi connectivity index (χ2n) is 6.44. The van der Waals surface area contributed by atoms with Crippen LogP contribution in [0, 0.1) is 15.9 Å². The molecule has 3 rings (SSSR count). The van der Waals surface area contributed by atoms with Crippen LogP contribution in [-0.2, 0) is 4.74 Å². The first kappa shape index (κ1) is 20.2. The predicted octanol–water partition coefficient (Wildman–Crippen LogP) is 2.87. The molecule has 0 radical (unpaired) electrons. The van der Waals surface area contributed by atoms with Crippen molar-refractivity contribution in [1.29, 1.82) is 0 Å². The minimum Gasteiger partial charge on any atom is -0.462 e. The zero-order valence-electron chi connectivity index (χ0n) is 15.8. The zero-order valence-corrected chi connectivity index (χ0v) is 15.8. The van der Waals surface area contributed by atoms with Crippen molar-refractivity contribution < 1.29 is 23.6 Å². The smallest absolute Gasteiger partial charge is 0.338 e. The molecular weight excluding hydrogens is 381 g/mol. The van der Waals surface area contributed by atoms with Gasteiger partial charge in [0.25, 0.3) is 11.6 Å². The Morgan fingerprint density at radius 3 is 2.45 bits per heavy atom. The number of rotatable bonds is 5. The third kappa shape index (κ3) is 4.34. The molecule has 29 heavy (non-hydrogen) atoms. The summed E-state index contributed by atoms with van der Waals surface area (Å²) in [6, 6.07) is 9.98. The van der Waals surface area contributed by atoms with E-state index in [9.17, 15) is 24.1 Å². The quantitative estimate of drug-likeness (QED) is 0.435. The topological polar surface area (TPSA) is 93.0 Å². The standard InChI is InChI=1S/C20H20FN3O5/c1-2-29-20(26)14-7-8-17(18(13-14)24(27)28)22-9-11-23(12-10-22)19(25)15-5-3-4-6-16(15)21/h3-8,13H,2,9-12H2,1H3. The van der Waals surface area contributed by atoms with Crippen molar-refractivity contribution >= 4 is 23.3 Å². The van der Waals surface area contributed by atoms with Crippen molar-refractivity contribution in [2.24, 2.45) is 0 Å². The van der Waals surface area contributed by atoms with E-state index in [2.05, 4.69) is 0 Å². The van der Waals surface area contributed by atoms with Gasteiger partial charge in [-0.15, -0.1) is 0 Å². The minimum absolute atomic E-state index is 0.00530. The molecule has 9 heteroatoms. The average Bonchev–Trinajstić information content (AvgIpc) is 2.73. The van der Waals surface area contributed by atoms with Crippen molar-refractivity contribution in [2.75, 3.05) is 37.7 Å². The fraction of sp³-hybridized carbons (Fsp3) is 0.300. The first-order valence-electron chi connectivity index (χ1n) is 9.16. The lowest BCUT2D eigenvalue weighted by atomic mass is 10.1. The number of nitro benzene ring substituents is 1. The molecule has 8 nitrogen and oxygen atoms in total. The van der Waals surface area contributed by atoms with E-state index in [-0.39, 0.29) is 23.4 Å². The maximum Gasteiger partial charge on any atom is 0.338 e. The second-order valence-corrected chi connectivity index (χ2v) is 6.44. The molecule has 0 spiro atoms. The van der Waals surface area contributed by atoms with Gasteiger partial charge in [0.1, 0.15) is 11.5 Å². The number of ether oxygens (including phenoxy) is 1. The van der Waals surface area contributed by atoms with Crippen LogP contribution < -0.4 is 4.90 Å². The number of amides is 1. The molecule has 0 aliphatic carbocycles. The number of nitrogens with zero attached hydrogens (tertiary/aromatic N) is 3. The highest BCUT2D eigenvalue weighted by molar-refractivity contribution is 5.94. The van der Waals surface area contributed by atoms with Crippen molar-refractivity contribution in [3.05, 3.63) is 69.5 Å². The lowest BCUT2D eigenvalue weighted by molar-refractivity contribution is -0.384. The molecule has 2 aromatic rings. The number of hydrogen-bond donors (Lipinski definition) is 0. The normalized spacial score (nSPS) is 13.9. The van der Waals surface area contributed by atoms with Crippen LogP contribution >= 0.6 is 0 Å². The van der Waals surface area contributed by atoms with Gasteiger partial charge in [-0.05, 0) is 31.2 Å². The fourth-order valence-corrected chi connectivity index (χ4v) is 3.23. The van der Waals surface area contributed by atoms with Crippen molar-refractivity contribution in [2.45, 2.75) is 6.92 Å². The summed E-state index contributed by atoms with van der Waals surface area (Å²) in [5.41, 5.74) is 0.270. The summed E-state index contributed by atoms with van der Waals surface area (Å²) in [7, 11) is 0. The zero-order chi connectivity index (χ0) is 21.0. The van der Waals surface area contributed by atoms with E-state index >= 15 is 0 Å². The Kier molecular flexibility index (Phi) is 6.06.